The zero-order valence-corrected chi connectivity index (χ0v) is 24.4. The van der Waals surface area contributed by atoms with Crippen LogP contribution in [0.4, 0.5) is 10.2 Å². The monoisotopic (exact) mass is 590 g/mol. The normalized spacial score (nSPS) is 17.3. The van der Waals surface area contributed by atoms with Gasteiger partial charge in [-0.1, -0.05) is 48.0 Å². The second-order valence-corrected chi connectivity index (χ2v) is 10.8. The van der Waals surface area contributed by atoms with E-state index in [-0.39, 0.29) is 29.2 Å². The first-order valence-corrected chi connectivity index (χ1v) is 14.4. The third-order valence-corrected chi connectivity index (χ3v) is 8.28. The summed E-state index contributed by atoms with van der Waals surface area (Å²) in [5, 5.41) is 2.61. The summed E-state index contributed by atoms with van der Waals surface area (Å²) in [5.41, 5.74) is 0.852. The minimum Gasteiger partial charge on any atom is -0.467 e. The van der Waals surface area contributed by atoms with Crippen molar-refractivity contribution in [3.05, 3.63) is 65.6 Å². The molecule has 2 aromatic heterocycles. The molecule has 0 bridgehead atoms. The van der Waals surface area contributed by atoms with E-state index >= 15 is 4.39 Å². The molecule has 0 spiro atoms. The summed E-state index contributed by atoms with van der Waals surface area (Å²) >= 11 is 6.52. The molecule has 0 saturated carbocycles. The van der Waals surface area contributed by atoms with Crippen LogP contribution in [0.5, 0.6) is 6.01 Å². The fraction of sp³-hybridized carbons (Fsp3) is 0.355. The van der Waals surface area contributed by atoms with Crippen LogP contribution >= 0.6 is 11.6 Å². The number of hydrogen-bond acceptors (Lipinski definition) is 8. The largest absolute Gasteiger partial charge is 0.467 e. The lowest BCUT2D eigenvalue weighted by Crippen LogP contribution is -2.48. The number of piperazine rings is 1. The van der Waals surface area contributed by atoms with Gasteiger partial charge in [0.1, 0.15) is 17.0 Å². The molecule has 2 aromatic carbocycles. The van der Waals surface area contributed by atoms with Gasteiger partial charge in [-0.2, -0.15) is 9.97 Å². The van der Waals surface area contributed by atoms with Gasteiger partial charge in [0.15, 0.2) is 5.82 Å². The van der Waals surface area contributed by atoms with Crippen LogP contribution in [0.25, 0.3) is 32.9 Å². The van der Waals surface area contributed by atoms with Crippen LogP contribution in [0.2, 0.25) is 5.02 Å². The Balaban J connectivity index is 1.25. The number of rotatable bonds is 6. The van der Waals surface area contributed by atoms with Crippen LogP contribution in [0, 0.1) is 5.82 Å². The Morgan fingerprint density at radius 1 is 1.07 bits per heavy atom. The minimum absolute atomic E-state index is 0.0222. The Morgan fingerprint density at radius 3 is 2.55 bits per heavy atom. The van der Waals surface area contributed by atoms with E-state index < -0.39 is 5.82 Å². The molecule has 0 N–H and O–H groups in total. The Bertz CT molecular complexity index is 1650. The van der Waals surface area contributed by atoms with Crippen molar-refractivity contribution >= 4 is 45.0 Å². The maximum atomic E-state index is 16.2. The predicted molar refractivity (Wildman–Crippen MR) is 162 cm³/mol. The quantitative estimate of drug-likeness (QED) is 0.302. The van der Waals surface area contributed by atoms with E-state index in [9.17, 15) is 4.79 Å². The first-order valence-electron chi connectivity index (χ1n) is 14.1. The lowest BCUT2D eigenvalue weighted by Gasteiger charge is -2.35. The number of aromatic nitrogens is 3. The number of pyridine rings is 1. The zero-order chi connectivity index (χ0) is 29.2. The number of fused-ring (bicyclic) bond motifs is 2. The molecule has 0 radical (unpaired) electrons. The summed E-state index contributed by atoms with van der Waals surface area (Å²) in [6.07, 6.45) is 5.22. The standard InChI is InChI=1S/C31H32ClFN6O3/c1-20(37-15-17-42-18-16-37)9-10-25(40)38-11-13-39(14-12-38)30-23-19-34-28(27(33)29(23)35-31(36-30)41-2)22-7-3-5-21-6-4-8-24(32)26(21)22/h3-10,19-20H,11-18H2,1-2H3/b10-9+. The fourth-order valence-corrected chi connectivity index (χ4v) is 5.89. The molecule has 4 aromatic rings. The van der Waals surface area contributed by atoms with Crippen molar-refractivity contribution in [3.63, 3.8) is 0 Å². The molecule has 2 aliphatic heterocycles. The summed E-state index contributed by atoms with van der Waals surface area (Å²) in [7, 11) is 1.45. The highest BCUT2D eigenvalue weighted by molar-refractivity contribution is 6.36. The summed E-state index contributed by atoms with van der Waals surface area (Å²) in [5.74, 6) is -0.0736. The first-order chi connectivity index (χ1) is 20.4. The van der Waals surface area contributed by atoms with E-state index in [2.05, 4.69) is 26.8 Å². The van der Waals surface area contributed by atoms with Crippen molar-refractivity contribution in [2.75, 3.05) is 64.5 Å². The second-order valence-electron chi connectivity index (χ2n) is 10.4. The Hall–Kier alpha value is -3.86. The molecule has 2 saturated heterocycles. The number of amides is 1. The van der Waals surface area contributed by atoms with Crippen LogP contribution in [0.3, 0.4) is 0 Å². The van der Waals surface area contributed by atoms with Crippen molar-refractivity contribution in [1.29, 1.82) is 0 Å². The average molecular weight is 591 g/mol. The number of morpholine rings is 1. The van der Waals surface area contributed by atoms with E-state index in [0.717, 1.165) is 37.1 Å². The summed E-state index contributed by atoms with van der Waals surface area (Å²) in [6.45, 7) is 7.31. The van der Waals surface area contributed by atoms with Crippen LogP contribution in [-0.2, 0) is 9.53 Å². The van der Waals surface area contributed by atoms with Crippen molar-refractivity contribution in [1.82, 2.24) is 24.8 Å². The first kappa shape index (κ1) is 28.3. The summed E-state index contributed by atoms with van der Waals surface area (Å²) < 4.78 is 27.0. The van der Waals surface area contributed by atoms with Gasteiger partial charge in [-0.3, -0.25) is 14.7 Å². The molecule has 0 aliphatic carbocycles. The van der Waals surface area contributed by atoms with Gasteiger partial charge in [-0.15, -0.1) is 0 Å². The maximum Gasteiger partial charge on any atom is 0.318 e. The van der Waals surface area contributed by atoms with Gasteiger partial charge in [0.05, 0.1) is 25.7 Å². The number of methoxy groups -OCH3 is 1. The van der Waals surface area contributed by atoms with Crippen LogP contribution in [0.15, 0.2) is 54.7 Å². The molecule has 1 amide bonds. The van der Waals surface area contributed by atoms with Crippen molar-refractivity contribution in [3.8, 4) is 17.3 Å². The molecule has 11 heteroatoms. The van der Waals surface area contributed by atoms with Gasteiger partial charge >= 0.3 is 6.01 Å². The number of benzene rings is 2. The number of hydrogen-bond donors (Lipinski definition) is 0. The number of halogens is 2. The van der Waals surface area contributed by atoms with Crippen molar-refractivity contribution in [2.24, 2.45) is 0 Å². The molecular formula is C31H32ClFN6O3. The third-order valence-electron chi connectivity index (χ3n) is 7.96. The van der Waals surface area contributed by atoms with Gasteiger partial charge in [0.25, 0.3) is 0 Å². The molecular weight excluding hydrogens is 559 g/mol. The summed E-state index contributed by atoms with van der Waals surface area (Å²) in [4.78, 5) is 32.5. The molecule has 218 valence electrons. The maximum absolute atomic E-state index is 16.2. The lowest BCUT2D eigenvalue weighted by molar-refractivity contribution is -0.126. The fourth-order valence-electron chi connectivity index (χ4n) is 5.61. The molecule has 9 nitrogen and oxygen atoms in total. The van der Waals surface area contributed by atoms with Gasteiger partial charge in [0, 0.05) is 73.6 Å². The van der Waals surface area contributed by atoms with Crippen LogP contribution in [-0.4, -0.2) is 96.3 Å². The highest BCUT2D eigenvalue weighted by atomic mass is 35.5. The summed E-state index contributed by atoms with van der Waals surface area (Å²) in [6, 6.07) is 11.4. The number of carbonyl (C=O) groups is 1. The van der Waals surface area contributed by atoms with Gasteiger partial charge in [0.2, 0.25) is 5.91 Å². The highest BCUT2D eigenvalue weighted by Gasteiger charge is 2.26. The van der Waals surface area contributed by atoms with E-state index in [1.165, 1.54) is 7.11 Å². The number of ether oxygens (including phenoxy) is 2. The lowest BCUT2D eigenvalue weighted by atomic mass is 10.0. The average Bonchev–Trinajstić information content (AvgIpc) is 3.03. The van der Waals surface area contributed by atoms with E-state index in [1.54, 1.807) is 24.4 Å². The Kier molecular flexibility index (Phi) is 8.19. The highest BCUT2D eigenvalue weighted by Crippen LogP contribution is 2.37. The molecule has 1 atom stereocenters. The molecule has 4 heterocycles. The molecule has 6 rings (SSSR count). The Labute approximate surface area is 248 Å². The third kappa shape index (κ3) is 5.49. The van der Waals surface area contributed by atoms with Gasteiger partial charge in [-0.25, -0.2) is 4.39 Å². The minimum atomic E-state index is -0.574. The number of anilines is 1. The Morgan fingerprint density at radius 2 is 1.81 bits per heavy atom. The van der Waals surface area contributed by atoms with Crippen molar-refractivity contribution < 1.29 is 18.7 Å². The topological polar surface area (TPSA) is 83.9 Å². The van der Waals surface area contributed by atoms with E-state index in [1.807, 2.05) is 40.1 Å². The van der Waals surface area contributed by atoms with Crippen molar-refractivity contribution in [2.45, 2.75) is 13.0 Å². The zero-order valence-electron chi connectivity index (χ0n) is 23.6. The smallest absolute Gasteiger partial charge is 0.318 e. The van der Waals surface area contributed by atoms with E-state index in [4.69, 9.17) is 21.1 Å². The SMILES string of the molecule is COc1nc(N2CCN(C(=O)/C=C/C(C)N3CCOCC3)CC2)c2cnc(-c3cccc4cccc(Cl)c34)c(F)c2n1. The second kappa shape index (κ2) is 12.2. The van der Waals surface area contributed by atoms with Crippen LogP contribution < -0.4 is 9.64 Å². The number of carbonyl (C=O) groups excluding carboxylic acids is 1. The van der Waals surface area contributed by atoms with Crippen LogP contribution in [0.1, 0.15) is 6.92 Å². The molecule has 2 aliphatic rings. The number of nitrogens with zero attached hydrogens (tertiary/aromatic N) is 6. The molecule has 1 unspecified atom stereocenters. The van der Waals surface area contributed by atoms with E-state index in [0.29, 0.717) is 48.0 Å². The van der Waals surface area contributed by atoms with Gasteiger partial charge in [-0.05, 0) is 18.4 Å². The van der Waals surface area contributed by atoms with Gasteiger partial charge < -0.3 is 19.3 Å². The molecule has 42 heavy (non-hydrogen) atoms. The molecule has 2 fully saturated rings. The predicted octanol–water partition coefficient (Wildman–Crippen LogP) is 4.57.